The first-order valence-electron chi connectivity index (χ1n) is 9.89. The maximum Gasteiger partial charge on any atom is 0.281 e. The number of benzene rings is 1. The van der Waals surface area contributed by atoms with E-state index in [1.165, 1.54) is 0 Å². The number of amides is 1. The Kier molecular flexibility index (Phi) is 6.31. The number of anilines is 2. The Labute approximate surface area is 192 Å². The first-order chi connectivity index (χ1) is 15.4. The number of carbonyl (C=O) groups excluding carboxylic acids is 1. The predicted octanol–water partition coefficient (Wildman–Crippen LogP) is 0.171. The first kappa shape index (κ1) is 22.1. The van der Waals surface area contributed by atoms with Gasteiger partial charge < -0.3 is 27.1 Å². The van der Waals surface area contributed by atoms with Gasteiger partial charge in [-0.05, 0) is 12.1 Å². The van der Waals surface area contributed by atoms with E-state index < -0.39 is 5.91 Å². The molecule has 0 saturated carbocycles. The fourth-order valence-corrected chi connectivity index (χ4v) is 3.89. The van der Waals surface area contributed by atoms with Crippen LogP contribution in [-0.2, 0) is 6.42 Å². The minimum absolute atomic E-state index is 0.0558. The Balaban J connectivity index is 1.61. The molecular weight excluding hydrogens is 457 g/mol. The van der Waals surface area contributed by atoms with Gasteiger partial charge in [0.25, 0.3) is 11.5 Å². The molecule has 3 aromatic rings. The molecule has 4 rings (SSSR count). The fourth-order valence-electron chi connectivity index (χ4n) is 3.51. The third-order valence-electron chi connectivity index (χ3n) is 5.02. The molecule has 1 saturated heterocycles. The zero-order valence-corrected chi connectivity index (χ0v) is 18.4. The van der Waals surface area contributed by atoms with Gasteiger partial charge in [0.2, 0.25) is 0 Å². The third-order valence-corrected chi connectivity index (χ3v) is 5.62. The van der Waals surface area contributed by atoms with E-state index in [4.69, 9.17) is 34.7 Å². The van der Waals surface area contributed by atoms with Gasteiger partial charge >= 0.3 is 0 Å². The van der Waals surface area contributed by atoms with Crippen LogP contribution in [0, 0.1) is 0 Å². The minimum atomic E-state index is -0.559. The van der Waals surface area contributed by atoms with Crippen LogP contribution in [-0.4, -0.2) is 58.3 Å². The summed E-state index contributed by atoms with van der Waals surface area (Å²) in [5.74, 6) is -0.237. The average Bonchev–Trinajstić information content (AvgIpc) is 2.77. The van der Waals surface area contributed by atoms with Gasteiger partial charge in [-0.1, -0.05) is 29.3 Å². The Morgan fingerprint density at radius 2 is 1.88 bits per heavy atom. The number of aromatic nitrogens is 4. The van der Waals surface area contributed by atoms with Crippen LogP contribution in [0.1, 0.15) is 16.3 Å². The lowest BCUT2D eigenvalue weighted by molar-refractivity contribution is 0.0949. The number of hydrogen-bond donors (Lipinski definition) is 4. The van der Waals surface area contributed by atoms with Gasteiger partial charge in [-0.2, -0.15) is 0 Å². The maximum atomic E-state index is 13.3. The smallest absolute Gasteiger partial charge is 0.281 e. The normalized spacial score (nSPS) is 14.0. The van der Waals surface area contributed by atoms with E-state index in [2.05, 4.69) is 25.6 Å². The SMILES string of the molecule is Nc1nc(N)c(C(=O)NCCc2nc3cccc(Cl)c3c(=O)n2N2CCNCC2)nc1Cl. The summed E-state index contributed by atoms with van der Waals surface area (Å²) in [6.45, 7) is 2.91. The number of fused-ring (bicyclic) bond motifs is 1. The largest absolute Gasteiger partial charge is 0.382 e. The van der Waals surface area contributed by atoms with Crippen LogP contribution in [0.15, 0.2) is 23.0 Å². The van der Waals surface area contributed by atoms with E-state index in [9.17, 15) is 9.59 Å². The van der Waals surface area contributed by atoms with Crippen molar-refractivity contribution in [1.29, 1.82) is 0 Å². The molecule has 0 atom stereocenters. The van der Waals surface area contributed by atoms with Crippen molar-refractivity contribution < 1.29 is 4.79 Å². The third kappa shape index (κ3) is 4.27. The highest BCUT2D eigenvalue weighted by Gasteiger charge is 2.21. The number of nitrogens with two attached hydrogens (primary N) is 2. The van der Waals surface area contributed by atoms with Crippen LogP contribution >= 0.6 is 23.2 Å². The van der Waals surface area contributed by atoms with E-state index in [1.807, 2.05) is 5.01 Å². The number of nitrogens with one attached hydrogen (secondary N) is 2. The number of carbonyl (C=O) groups is 1. The number of nitrogen functional groups attached to an aromatic ring is 2. The summed E-state index contributed by atoms with van der Waals surface area (Å²) in [6, 6.07) is 5.14. The standard InChI is InChI=1S/C19H21Cl2N9O2/c20-10-2-1-3-11-13(10)19(32)30(29-8-6-24-7-9-29)12(26-11)4-5-25-18(31)14-16(22)28-17(23)15(21)27-14/h1-3,24H,4-9H2,(H,25,31)(H4,22,23,28). The molecule has 6 N–H and O–H groups in total. The van der Waals surface area contributed by atoms with Crippen molar-refractivity contribution in [2.45, 2.75) is 6.42 Å². The fraction of sp³-hybridized carbons (Fsp3) is 0.316. The molecule has 0 radical (unpaired) electrons. The van der Waals surface area contributed by atoms with Crippen molar-refractivity contribution in [2.24, 2.45) is 0 Å². The van der Waals surface area contributed by atoms with Crippen molar-refractivity contribution >= 4 is 51.6 Å². The van der Waals surface area contributed by atoms with Crippen LogP contribution in [0.25, 0.3) is 10.9 Å². The molecule has 0 aliphatic carbocycles. The number of halogens is 2. The monoisotopic (exact) mass is 477 g/mol. The zero-order chi connectivity index (χ0) is 22.8. The molecule has 0 spiro atoms. The van der Waals surface area contributed by atoms with E-state index >= 15 is 0 Å². The second-order valence-electron chi connectivity index (χ2n) is 7.12. The van der Waals surface area contributed by atoms with Gasteiger partial charge in [0.1, 0.15) is 5.82 Å². The Bertz CT molecular complexity index is 1240. The molecule has 13 heteroatoms. The molecule has 11 nitrogen and oxygen atoms in total. The molecular formula is C19H21Cl2N9O2. The predicted molar refractivity (Wildman–Crippen MR) is 124 cm³/mol. The number of rotatable bonds is 5. The second-order valence-corrected chi connectivity index (χ2v) is 7.89. The summed E-state index contributed by atoms with van der Waals surface area (Å²) >= 11 is 12.1. The van der Waals surface area contributed by atoms with Gasteiger partial charge in [0.05, 0.1) is 15.9 Å². The van der Waals surface area contributed by atoms with Crippen molar-refractivity contribution in [3.63, 3.8) is 0 Å². The van der Waals surface area contributed by atoms with E-state index in [1.54, 1.807) is 22.9 Å². The van der Waals surface area contributed by atoms with Crippen LogP contribution in [0.3, 0.4) is 0 Å². The number of hydrogen-bond acceptors (Lipinski definition) is 9. The lowest BCUT2D eigenvalue weighted by Crippen LogP contribution is -2.54. The zero-order valence-electron chi connectivity index (χ0n) is 16.9. The van der Waals surface area contributed by atoms with Crippen molar-refractivity contribution in [3.8, 4) is 0 Å². The molecule has 0 unspecified atom stereocenters. The van der Waals surface area contributed by atoms with Crippen LogP contribution in [0.2, 0.25) is 10.2 Å². The van der Waals surface area contributed by atoms with Crippen LogP contribution in [0.5, 0.6) is 0 Å². The molecule has 1 fully saturated rings. The Morgan fingerprint density at radius 3 is 2.62 bits per heavy atom. The molecule has 0 bridgehead atoms. The average molecular weight is 478 g/mol. The number of piperazine rings is 1. The second kappa shape index (κ2) is 9.15. The van der Waals surface area contributed by atoms with Crippen LogP contribution in [0.4, 0.5) is 11.6 Å². The lowest BCUT2D eigenvalue weighted by Gasteiger charge is -2.32. The van der Waals surface area contributed by atoms with E-state index in [0.717, 1.165) is 13.1 Å². The van der Waals surface area contributed by atoms with Crippen molar-refractivity contribution in [1.82, 2.24) is 30.3 Å². The van der Waals surface area contributed by atoms with Gasteiger partial charge in [-0.15, -0.1) is 0 Å². The van der Waals surface area contributed by atoms with Gasteiger partial charge in [-0.25, -0.2) is 19.6 Å². The highest BCUT2D eigenvalue weighted by atomic mass is 35.5. The maximum absolute atomic E-state index is 13.3. The molecule has 1 aromatic carbocycles. The van der Waals surface area contributed by atoms with Crippen LogP contribution < -0.4 is 32.7 Å². The summed E-state index contributed by atoms with van der Waals surface area (Å²) in [7, 11) is 0. The Morgan fingerprint density at radius 1 is 1.12 bits per heavy atom. The quantitative estimate of drug-likeness (QED) is 0.401. The lowest BCUT2D eigenvalue weighted by atomic mass is 10.2. The molecule has 1 aliphatic rings. The highest BCUT2D eigenvalue weighted by molar-refractivity contribution is 6.35. The summed E-state index contributed by atoms with van der Waals surface area (Å²) in [4.78, 5) is 38.2. The van der Waals surface area contributed by atoms with E-state index in [-0.39, 0.29) is 41.0 Å². The van der Waals surface area contributed by atoms with Gasteiger partial charge in [0, 0.05) is 39.1 Å². The van der Waals surface area contributed by atoms with Gasteiger partial charge in [-0.3, -0.25) is 9.59 Å². The van der Waals surface area contributed by atoms with Gasteiger partial charge in [0.15, 0.2) is 22.5 Å². The molecule has 32 heavy (non-hydrogen) atoms. The highest BCUT2D eigenvalue weighted by Crippen LogP contribution is 2.19. The van der Waals surface area contributed by atoms with Crippen molar-refractivity contribution in [2.75, 3.05) is 49.2 Å². The van der Waals surface area contributed by atoms with Crippen molar-refractivity contribution in [3.05, 3.63) is 50.2 Å². The molecule has 3 heterocycles. The molecule has 1 aliphatic heterocycles. The molecule has 1 amide bonds. The van der Waals surface area contributed by atoms with E-state index in [0.29, 0.717) is 34.8 Å². The Hall–Kier alpha value is -3.15. The molecule has 2 aromatic heterocycles. The minimum Gasteiger partial charge on any atom is -0.382 e. The summed E-state index contributed by atoms with van der Waals surface area (Å²) in [5.41, 5.74) is 11.4. The summed E-state index contributed by atoms with van der Waals surface area (Å²) in [6.07, 6.45) is 0.281. The molecule has 168 valence electrons. The first-order valence-corrected chi connectivity index (χ1v) is 10.6. The topological polar surface area (TPSA) is 157 Å². The number of nitrogens with zero attached hydrogens (tertiary/aromatic N) is 5. The summed E-state index contributed by atoms with van der Waals surface area (Å²) < 4.78 is 1.55. The summed E-state index contributed by atoms with van der Waals surface area (Å²) in [5, 5.41) is 8.49.